The highest BCUT2D eigenvalue weighted by atomic mass is 35.5. The van der Waals surface area contributed by atoms with Crippen molar-refractivity contribution in [3.63, 3.8) is 0 Å². The fourth-order valence-corrected chi connectivity index (χ4v) is 5.43. The number of nitrogens with zero attached hydrogens (tertiary/aromatic N) is 2. The molecule has 0 bridgehead atoms. The fourth-order valence-electron chi connectivity index (χ4n) is 3.79. The van der Waals surface area contributed by atoms with Crippen LogP contribution in [0.1, 0.15) is 30.5 Å². The molecule has 3 rings (SSSR count). The van der Waals surface area contributed by atoms with Gasteiger partial charge >= 0.3 is 0 Å². The van der Waals surface area contributed by atoms with Crippen molar-refractivity contribution in [2.75, 3.05) is 28.8 Å². The Morgan fingerprint density at radius 2 is 1.54 bits per heavy atom. The Labute approximate surface area is 213 Å². The number of hydrogen-bond donors (Lipinski definition) is 1. The topological polar surface area (TPSA) is 69.7 Å². The van der Waals surface area contributed by atoms with Crippen molar-refractivity contribution >= 4 is 38.9 Å². The summed E-state index contributed by atoms with van der Waals surface area (Å²) in [5.41, 5.74) is 4.07. The van der Waals surface area contributed by atoms with Crippen LogP contribution in [0.4, 0.5) is 11.4 Å². The number of nitrogens with one attached hydrogen (secondary N) is 1. The minimum atomic E-state index is -4.00. The first-order valence-corrected chi connectivity index (χ1v) is 13.4. The predicted octanol–water partition coefficient (Wildman–Crippen LogP) is 5.31. The fraction of sp³-hybridized carbons (Fsp3) is 0.296. The second-order valence-corrected chi connectivity index (χ2v) is 10.7. The molecule has 0 aliphatic rings. The molecule has 0 saturated heterocycles. The Morgan fingerprint density at radius 3 is 2.14 bits per heavy atom. The van der Waals surface area contributed by atoms with Gasteiger partial charge in [-0.05, 0) is 75.2 Å². The maximum absolute atomic E-state index is 13.6. The number of halogens is 1. The molecule has 1 N–H and O–H groups in total. The minimum Gasteiger partial charge on any atom is -0.372 e. The number of rotatable bonds is 10. The third kappa shape index (κ3) is 6.55. The van der Waals surface area contributed by atoms with E-state index in [1.807, 2.05) is 31.2 Å². The molecule has 1 amide bonds. The van der Waals surface area contributed by atoms with E-state index < -0.39 is 15.9 Å². The molecule has 6 nitrogen and oxygen atoms in total. The molecule has 186 valence electrons. The van der Waals surface area contributed by atoms with Crippen LogP contribution in [-0.2, 0) is 21.4 Å². The maximum Gasteiger partial charge on any atom is 0.264 e. The number of anilines is 2. The highest BCUT2D eigenvalue weighted by Crippen LogP contribution is 2.29. The van der Waals surface area contributed by atoms with Gasteiger partial charge in [-0.1, -0.05) is 47.5 Å². The van der Waals surface area contributed by atoms with E-state index in [4.69, 9.17) is 11.6 Å². The second-order valence-electron chi connectivity index (χ2n) is 8.37. The van der Waals surface area contributed by atoms with Gasteiger partial charge in [0.05, 0.1) is 10.6 Å². The molecule has 0 fully saturated rings. The zero-order valence-corrected chi connectivity index (χ0v) is 22.2. The highest BCUT2D eigenvalue weighted by molar-refractivity contribution is 7.92. The molecule has 0 aromatic heterocycles. The van der Waals surface area contributed by atoms with E-state index in [2.05, 4.69) is 24.1 Å². The highest BCUT2D eigenvalue weighted by Gasteiger charge is 2.28. The molecule has 35 heavy (non-hydrogen) atoms. The molecular weight excluding hydrogens is 482 g/mol. The van der Waals surface area contributed by atoms with Crippen molar-refractivity contribution in [1.82, 2.24) is 5.32 Å². The smallest absolute Gasteiger partial charge is 0.264 e. The Balaban J connectivity index is 1.82. The van der Waals surface area contributed by atoms with Gasteiger partial charge in [-0.15, -0.1) is 0 Å². The first-order valence-electron chi connectivity index (χ1n) is 11.6. The van der Waals surface area contributed by atoms with Gasteiger partial charge in [0.25, 0.3) is 10.0 Å². The van der Waals surface area contributed by atoms with E-state index in [1.165, 1.54) is 0 Å². The maximum atomic E-state index is 13.6. The normalized spacial score (nSPS) is 11.2. The van der Waals surface area contributed by atoms with Crippen LogP contribution in [-0.4, -0.2) is 34.0 Å². The molecule has 0 unspecified atom stereocenters. The van der Waals surface area contributed by atoms with Gasteiger partial charge in [-0.2, -0.15) is 0 Å². The third-order valence-electron chi connectivity index (χ3n) is 5.89. The third-order valence-corrected chi connectivity index (χ3v) is 7.90. The Bertz CT molecular complexity index is 1260. The van der Waals surface area contributed by atoms with Gasteiger partial charge < -0.3 is 10.2 Å². The van der Waals surface area contributed by atoms with Crippen LogP contribution in [0.15, 0.2) is 71.6 Å². The van der Waals surface area contributed by atoms with Crippen molar-refractivity contribution in [1.29, 1.82) is 0 Å². The summed E-state index contributed by atoms with van der Waals surface area (Å²) in [5, 5.41) is 3.24. The standard InChI is InChI=1S/C27H32ClN3O3S/c1-5-30(6-2)24-13-10-22(11-14-24)18-29-27(32)19-31(26-17-23(28)12-9-21(26)4)35(33,34)25-15-7-20(3)8-16-25/h7-17H,5-6,18-19H2,1-4H3,(H,29,32). The summed E-state index contributed by atoms with van der Waals surface area (Å²) < 4.78 is 28.3. The van der Waals surface area contributed by atoms with E-state index in [-0.39, 0.29) is 11.4 Å². The molecule has 0 aliphatic heterocycles. The number of amides is 1. The van der Waals surface area contributed by atoms with Gasteiger partial charge in [0.2, 0.25) is 5.91 Å². The van der Waals surface area contributed by atoms with E-state index in [1.54, 1.807) is 49.4 Å². The molecule has 0 heterocycles. The first-order chi connectivity index (χ1) is 16.6. The van der Waals surface area contributed by atoms with E-state index in [0.717, 1.165) is 34.2 Å². The lowest BCUT2D eigenvalue weighted by Gasteiger charge is -2.26. The summed E-state index contributed by atoms with van der Waals surface area (Å²) in [6, 6.07) is 19.6. The van der Waals surface area contributed by atoms with Gasteiger partial charge in [0.15, 0.2) is 0 Å². The molecule has 0 saturated carbocycles. The van der Waals surface area contributed by atoms with E-state index in [9.17, 15) is 13.2 Å². The lowest BCUT2D eigenvalue weighted by molar-refractivity contribution is -0.119. The second kappa shape index (κ2) is 11.6. The molecule has 8 heteroatoms. The largest absolute Gasteiger partial charge is 0.372 e. The summed E-state index contributed by atoms with van der Waals surface area (Å²) >= 11 is 6.19. The van der Waals surface area contributed by atoms with Gasteiger partial charge in [-0.3, -0.25) is 9.10 Å². The molecule has 3 aromatic rings. The molecule has 0 aliphatic carbocycles. The van der Waals surface area contributed by atoms with Crippen LogP contribution in [0, 0.1) is 13.8 Å². The number of aryl methyl sites for hydroxylation is 2. The average molecular weight is 514 g/mol. The SMILES string of the molecule is CCN(CC)c1ccc(CNC(=O)CN(c2cc(Cl)ccc2C)S(=O)(=O)c2ccc(C)cc2)cc1. The number of hydrogen-bond acceptors (Lipinski definition) is 4. The number of sulfonamides is 1. The summed E-state index contributed by atoms with van der Waals surface area (Å²) in [7, 11) is -4.00. The van der Waals surface area contributed by atoms with Crippen molar-refractivity contribution < 1.29 is 13.2 Å². The number of carbonyl (C=O) groups is 1. The Morgan fingerprint density at radius 1 is 0.914 bits per heavy atom. The van der Waals surface area contributed by atoms with Crippen LogP contribution < -0.4 is 14.5 Å². The minimum absolute atomic E-state index is 0.113. The summed E-state index contributed by atoms with van der Waals surface area (Å²) in [5.74, 6) is -0.409. The molecule has 0 atom stereocenters. The van der Waals surface area contributed by atoms with E-state index >= 15 is 0 Å². The van der Waals surface area contributed by atoms with Crippen LogP contribution in [0.25, 0.3) is 0 Å². The monoisotopic (exact) mass is 513 g/mol. The molecular formula is C27H32ClN3O3S. The number of carbonyl (C=O) groups excluding carboxylic acids is 1. The lowest BCUT2D eigenvalue weighted by atomic mass is 10.2. The van der Waals surface area contributed by atoms with Crippen molar-refractivity contribution in [3.8, 4) is 0 Å². The molecule has 3 aromatic carbocycles. The zero-order chi connectivity index (χ0) is 25.6. The number of benzene rings is 3. The lowest BCUT2D eigenvalue weighted by Crippen LogP contribution is -2.41. The van der Waals surface area contributed by atoms with Crippen LogP contribution in [0.3, 0.4) is 0 Å². The Kier molecular flexibility index (Phi) is 8.81. The molecule has 0 spiro atoms. The average Bonchev–Trinajstić information content (AvgIpc) is 2.84. The predicted molar refractivity (Wildman–Crippen MR) is 144 cm³/mol. The quantitative estimate of drug-likeness (QED) is 0.398. The summed E-state index contributed by atoms with van der Waals surface area (Å²) in [6.07, 6.45) is 0. The zero-order valence-electron chi connectivity index (χ0n) is 20.6. The van der Waals surface area contributed by atoms with Crippen molar-refractivity contribution in [2.45, 2.75) is 39.1 Å². The Hall–Kier alpha value is -3.03. The summed E-state index contributed by atoms with van der Waals surface area (Å²) in [4.78, 5) is 15.3. The van der Waals surface area contributed by atoms with Gasteiger partial charge in [0, 0.05) is 30.3 Å². The van der Waals surface area contributed by atoms with Crippen molar-refractivity contribution in [3.05, 3.63) is 88.4 Å². The van der Waals surface area contributed by atoms with Gasteiger partial charge in [0.1, 0.15) is 6.54 Å². The van der Waals surface area contributed by atoms with Crippen LogP contribution in [0.5, 0.6) is 0 Å². The van der Waals surface area contributed by atoms with Crippen LogP contribution >= 0.6 is 11.6 Å². The van der Waals surface area contributed by atoms with Crippen LogP contribution in [0.2, 0.25) is 5.02 Å². The first kappa shape index (κ1) is 26.6. The summed E-state index contributed by atoms with van der Waals surface area (Å²) in [6.45, 7) is 9.65. The van der Waals surface area contributed by atoms with Crippen molar-refractivity contribution in [2.24, 2.45) is 0 Å². The molecule has 0 radical (unpaired) electrons. The van der Waals surface area contributed by atoms with Gasteiger partial charge in [-0.25, -0.2) is 8.42 Å². The van der Waals surface area contributed by atoms with E-state index in [0.29, 0.717) is 22.8 Å².